The number of rotatable bonds is 9. The van der Waals surface area contributed by atoms with E-state index in [2.05, 4.69) is 5.32 Å². The molecule has 0 saturated carbocycles. The molecule has 0 unspecified atom stereocenters. The molecule has 5 nitrogen and oxygen atoms in total. The first kappa shape index (κ1) is 24.6. The summed E-state index contributed by atoms with van der Waals surface area (Å²) >= 11 is 13.7. The molecular formula is C23H22Cl2N2O3S2. The Morgan fingerprint density at radius 3 is 2.41 bits per heavy atom. The minimum Gasteiger partial charge on any atom is -0.324 e. The van der Waals surface area contributed by atoms with Gasteiger partial charge in [0.2, 0.25) is 15.9 Å². The van der Waals surface area contributed by atoms with Crippen LogP contribution in [0.4, 0.5) is 5.69 Å². The Bertz CT molecular complexity index is 1190. The molecule has 0 atom stereocenters. The van der Waals surface area contributed by atoms with E-state index in [1.807, 2.05) is 54.8 Å². The number of nitrogens with zero attached hydrogens (tertiary/aromatic N) is 1. The molecule has 0 radical (unpaired) electrons. The van der Waals surface area contributed by atoms with Gasteiger partial charge in [-0.3, -0.25) is 4.79 Å². The van der Waals surface area contributed by atoms with E-state index in [0.717, 1.165) is 14.8 Å². The highest BCUT2D eigenvalue weighted by Gasteiger charge is 2.29. The van der Waals surface area contributed by atoms with Crippen molar-refractivity contribution >= 4 is 56.6 Å². The van der Waals surface area contributed by atoms with Gasteiger partial charge in [-0.05, 0) is 48.6 Å². The third kappa shape index (κ3) is 6.27. The number of thioether (sulfide) groups is 1. The predicted molar refractivity (Wildman–Crippen MR) is 132 cm³/mol. The summed E-state index contributed by atoms with van der Waals surface area (Å²) in [5.41, 5.74) is 1.59. The summed E-state index contributed by atoms with van der Waals surface area (Å²) in [5.74, 6) is -0.443. The van der Waals surface area contributed by atoms with Gasteiger partial charge in [-0.15, -0.1) is 11.8 Å². The van der Waals surface area contributed by atoms with Crippen molar-refractivity contribution in [2.45, 2.75) is 16.2 Å². The van der Waals surface area contributed by atoms with E-state index >= 15 is 0 Å². The fraction of sp³-hybridized carbons (Fsp3) is 0.174. The smallest absolute Gasteiger partial charge is 0.245 e. The van der Waals surface area contributed by atoms with Gasteiger partial charge in [0.05, 0.1) is 17.3 Å². The first-order chi connectivity index (χ1) is 15.3. The van der Waals surface area contributed by atoms with Gasteiger partial charge in [0.25, 0.3) is 0 Å². The average Bonchev–Trinajstić information content (AvgIpc) is 2.79. The van der Waals surface area contributed by atoms with E-state index in [4.69, 9.17) is 23.2 Å². The van der Waals surface area contributed by atoms with Crippen LogP contribution in [0, 0.1) is 0 Å². The summed E-state index contributed by atoms with van der Waals surface area (Å²) in [6.45, 7) is -0.256. The zero-order chi connectivity index (χ0) is 23.1. The summed E-state index contributed by atoms with van der Waals surface area (Å²) in [5, 5.41) is 3.11. The van der Waals surface area contributed by atoms with Crippen molar-refractivity contribution in [3.05, 3.63) is 88.4 Å². The van der Waals surface area contributed by atoms with Gasteiger partial charge in [-0.25, -0.2) is 8.42 Å². The van der Waals surface area contributed by atoms with Crippen molar-refractivity contribution in [3.8, 4) is 0 Å². The molecule has 0 bridgehead atoms. The Balaban J connectivity index is 1.87. The lowest BCUT2D eigenvalue weighted by Gasteiger charge is -2.23. The van der Waals surface area contributed by atoms with Crippen molar-refractivity contribution in [2.24, 2.45) is 0 Å². The van der Waals surface area contributed by atoms with Crippen LogP contribution in [-0.4, -0.2) is 38.0 Å². The van der Waals surface area contributed by atoms with E-state index in [9.17, 15) is 13.2 Å². The number of benzene rings is 3. The summed E-state index contributed by atoms with van der Waals surface area (Å²) in [6.07, 6.45) is 2.34. The van der Waals surface area contributed by atoms with E-state index in [1.165, 1.54) is 30.0 Å². The van der Waals surface area contributed by atoms with Crippen LogP contribution in [0.1, 0.15) is 5.56 Å². The number of carbonyl (C=O) groups excluding carboxylic acids is 1. The normalized spacial score (nSPS) is 11.5. The second kappa shape index (κ2) is 11.2. The van der Waals surface area contributed by atoms with Crippen molar-refractivity contribution in [2.75, 3.05) is 24.7 Å². The van der Waals surface area contributed by atoms with Crippen molar-refractivity contribution < 1.29 is 13.2 Å². The molecule has 0 saturated heterocycles. The Morgan fingerprint density at radius 2 is 1.69 bits per heavy atom. The second-order valence-electron chi connectivity index (χ2n) is 6.90. The van der Waals surface area contributed by atoms with Crippen LogP contribution in [0.25, 0.3) is 0 Å². The average molecular weight is 509 g/mol. The monoisotopic (exact) mass is 508 g/mol. The van der Waals surface area contributed by atoms with Gasteiger partial charge < -0.3 is 5.32 Å². The molecule has 0 spiro atoms. The van der Waals surface area contributed by atoms with Crippen molar-refractivity contribution in [1.29, 1.82) is 0 Å². The predicted octanol–water partition coefficient (Wildman–Crippen LogP) is 5.59. The number of carbonyl (C=O) groups is 1. The second-order valence-corrected chi connectivity index (χ2v) is 10.5. The first-order valence-corrected chi connectivity index (χ1v) is 13.2. The number of amides is 1. The third-order valence-corrected chi connectivity index (χ3v) is 8.06. The standard InChI is InChI=1S/C23H22Cl2N2O3S2/c1-31-21-10-6-5-9-20(21)26-23(28)16-27(14-13-17-7-3-2-4-8-17)32(29,30)22-15-18(24)11-12-19(22)25/h2-12,15H,13-14,16H2,1H3,(H,26,28). The van der Waals surface area contributed by atoms with Gasteiger partial charge >= 0.3 is 0 Å². The van der Waals surface area contributed by atoms with Crippen LogP contribution < -0.4 is 5.32 Å². The quantitative estimate of drug-likeness (QED) is 0.382. The molecule has 0 fully saturated rings. The van der Waals surface area contributed by atoms with E-state index < -0.39 is 15.9 Å². The number of sulfonamides is 1. The molecule has 9 heteroatoms. The number of halogens is 2. The maximum atomic E-state index is 13.4. The summed E-state index contributed by atoms with van der Waals surface area (Å²) in [7, 11) is -4.08. The molecule has 32 heavy (non-hydrogen) atoms. The summed E-state index contributed by atoms with van der Waals surface area (Å²) < 4.78 is 28.0. The molecule has 1 N–H and O–H groups in total. The SMILES string of the molecule is CSc1ccccc1NC(=O)CN(CCc1ccccc1)S(=O)(=O)c1cc(Cl)ccc1Cl. The van der Waals surface area contributed by atoms with Crippen molar-refractivity contribution in [1.82, 2.24) is 4.31 Å². The third-order valence-electron chi connectivity index (χ3n) is 4.70. The highest BCUT2D eigenvalue weighted by atomic mass is 35.5. The molecule has 0 aromatic heterocycles. The molecule has 3 aromatic carbocycles. The zero-order valence-electron chi connectivity index (χ0n) is 17.3. The van der Waals surface area contributed by atoms with Gasteiger partial charge in [-0.2, -0.15) is 4.31 Å². The Kier molecular flexibility index (Phi) is 8.62. The maximum absolute atomic E-state index is 13.4. The fourth-order valence-corrected chi connectivity index (χ4v) is 5.78. The number of hydrogen-bond acceptors (Lipinski definition) is 4. The summed E-state index contributed by atoms with van der Waals surface area (Å²) in [4.78, 5) is 13.6. The maximum Gasteiger partial charge on any atom is 0.245 e. The van der Waals surface area contributed by atoms with Crippen LogP contribution in [0.3, 0.4) is 0 Å². The van der Waals surface area contributed by atoms with Gasteiger partial charge in [0, 0.05) is 16.5 Å². The lowest BCUT2D eigenvalue weighted by atomic mass is 10.1. The van der Waals surface area contributed by atoms with Crippen LogP contribution in [-0.2, 0) is 21.2 Å². The lowest BCUT2D eigenvalue weighted by molar-refractivity contribution is -0.116. The molecule has 3 rings (SSSR count). The molecule has 0 heterocycles. The molecule has 0 aliphatic rings. The van der Waals surface area contributed by atoms with Crippen LogP contribution >= 0.6 is 35.0 Å². The zero-order valence-corrected chi connectivity index (χ0v) is 20.4. The number of nitrogens with one attached hydrogen (secondary N) is 1. The van der Waals surface area contributed by atoms with Gasteiger partial charge in [-0.1, -0.05) is 65.7 Å². The van der Waals surface area contributed by atoms with E-state index in [1.54, 1.807) is 6.07 Å². The molecule has 0 aliphatic heterocycles. The Morgan fingerprint density at radius 1 is 1.00 bits per heavy atom. The molecule has 0 aliphatic carbocycles. The van der Waals surface area contributed by atoms with E-state index in [0.29, 0.717) is 12.1 Å². The Labute approximate surface area is 202 Å². The fourth-order valence-electron chi connectivity index (χ4n) is 3.09. The topological polar surface area (TPSA) is 66.5 Å². The van der Waals surface area contributed by atoms with Crippen LogP contribution in [0.5, 0.6) is 0 Å². The van der Waals surface area contributed by atoms with Crippen LogP contribution in [0.2, 0.25) is 10.0 Å². The minimum atomic E-state index is -4.08. The first-order valence-electron chi connectivity index (χ1n) is 9.73. The largest absolute Gasteiger partial charge is 0.324 e. The minimum absolute atomic E-state index is 0.0484. The number of para-hydroxylation sites is 1. The van der Waals surface area contributed by atoms with Gasteiger partial charge in [0.15, 0.2) is 0 Å². The molecule has 168 valence electrons. The molecular weight excluding hydrogens is 487 g/mol. The van der Waals surface area contributed by atoms with Crippen LogP contribution in [0.15, 0.2) is 82.6 Å². The summed E-state index contributed by atoms with van der Waals surface area (Å²) in [6, 6.07) is 21.1. The van der Waals surface area contributed by atoms with Crippen molar-refractivity contribution in [3.63, 3.8) is 0 Å². The lowest BCUT2D eigenvalue weighted by Crippen LogP contribution is -2.39. The molecule has 1 amide bonds. The Hall–Kier alpha value is -2.03. The number of hydrogen-bond donors (Lipinski definition) is 1. The molecule has 3 aromatic rings. The number of anilines is 1. The van der Waals surface area contributed by atoms with Gasteiger partial charge in [0.1, 0.15) is 4.90 Å². The highest BCUT2D eigenvalue weighted by Crippen LogP contribution is 2.28. The van der Waals surface area contributed by atoms with E-state index in [-0.39, 0.29) is 28.0 Å². The highest BCUT2D eigenvalue weighted by molar-refractivity contribution is 7.98.